The Morgan fingerprint density at radius 3 is 2.91 bits per heavy atom. The van der Waals surface area contributed by atoms with Gasteiger partial charge in [0.2, 0.25) is 0 Å². The predicted octanol–water partition coefficient (Wildman–Crippen LogP) is 2.24. The Bertz CT molecular complexity index is 446. The largest absolute Gasteiger partial charge is 0.634 e. The molecular formula is C18H29NO3. The van der Waals surface area contributed by atoms with Crippen LogP contribution in [0.3, 0.4) is 0 Å². The molecule has 4 aliphatic rings. The summed E-state index contributed by atoms with van der Waals surface area (Å²) < 4.78 is 5.62. The van der Waals surface area contributed by atoms with Crippen LogP contribution in [0.5, 0.6) is 0 Å². The number of nitrogens with one attached hydrogen (secondary N) is 1. The Morgan fingerprint density at radius 2 is 2.18 bits per heavy atom. The predicted molar refractivity (Wildman–Crippen MR) is 85.1 cm³/mol. The van der Waals surface area contributed by atoms with Crippen LogP contribution in [0.25, 0.3) is 0 Å². The van der Waals surface area contributed by atoms with Gasteiger partial charge in [0.1, 0.15) is 0 Å². The molecule has 0 saturated heterocycles. The zero-order chi connectivity index (χ0) is 15.6. The summed E-state index contributed by atoms with van der Waals surface area (Å²) in [6.07, 6.45) is 12.0. The zero-order valence-corrected chi connectivity index (χ0v) is 13.7. The van der Waals surface area contributed by atoms with Crippen molar-refractivity contribution in [1.29, 1.82) is 0 Å². The summed E-state index contributed by atoms with van der Waals surface area (Å²) in [6.45, 7) is 1.23. The van der Waals surface area contributed by atoms with Gasteiger partial charge in [-0.25, -0.2) is 0 Å². The number of ether oxygens (including phenoxy) is 1. The normalized spacial score (nSPS) is 33.6. The number of carbonyl (C=O) groups is 1. The lowest BCUT2D eigenvalue weighted by molar-refractivity contribution is -0.826. The van der Waals surface area contributed by atoms with Crippen molar-refractivity contribution in [2.75, 3.05) is 20.2 Å². The van der Waals surface area contributed by atoms with E-state index < -0.39 is 0 Å². The minimum Gasteiger partial charge on any atom is -0.634 e. The van der Waals surface area contributed by atoms with Crippen LogP contribution in [0.2, 0.25) is 0 Å². The summed E-state index contributed by atoms with van der Waals surface area (Å²) in [5.41, 5.74) is 1.34. The Hall–Kier alpha value is -0.870. The standard InChI is InChI=1S/C18H29NO3/c1-19(21)6-4-2-3-5-7-22-17(20)18-11-14-8-15(12-18)10-16(9-14)13-18/h8,14,16,19H,2-7,9-13H2,1H3. The minimum absolute atomic E-state index is 0.0660. The van der Waals surface area contributed by atoms with Gasteiger partial charge in [-0.05, 0) is 69.6 Å². The average molecular weight is 307 g/mol. The van der Waals surface area contributed by atoms with Crippen LogP contribution in [0.4, 0.5) is 0 Å². The summed E-state index contributed by atoms with van der Waals surface area (Å²) in [5.74, 6) is 1.43. The van der Waals surface area contributed by atoms with Crippen LogP contribution in [-0.2, 0) is 9.53 Å². The first kappa shape index (κ1) is 16.0. The zero-order valence-electron chi connectivity index (χ0n) is 13.7. The van der Waals surface area contributed by atoms with Crippen LogP contribution in [0, 0.1) is 22.5 Å². The van der Waals surface area contributed by atoms with E-state index in [0.717, 1.165) is 50.9 Å². The van der Waals surface area contributed by atoms with Crippen molar-refractivity contribution < 1.29 is 14.6 Å². The lowest BCUT2D eigenvalue weighted by atomic mass is 9.53. The van der Waals surface area contributed by atoms with Crippen molar-refractivity contribution >= 4 is 5.97 Å². The van der Waals surface area contributed by atoms with Crippen LogP contribution in [0.15, 0.2) is 11.6 Å². The number of rotatable bonds is 8. The van der Waals surface area contributed by atoms with Gasteiger partial charge in [0.05, 0.1) is 25.6 Å². The molecule has 4 heteroatoms. The van der Waals surface area contributed by atoms with Crippen molar-refractivity contribution in [2.45, 2.75) is 57.8 Å². The molecule has 0 amide bonds. The summed E-state index contributed by atoms with van der Waals surface area (Å²) in [7, 11) is 1.64. The number of esters is 1. The van der Waals surface area contributed by atoms with Gasteiger partial charge in [-0.2, -0.15) is 0 Å². The van der Waals surface area contributed by atoms with Gasteiger partial charge in [0, 0.05) is 0 Å². The van der Waals surface area contributed by atoms with E-state index >= 15 is 0 Å². The molecule has 2 fully saturated rings. The van der Waals surface area contributed by atoms with Crippen molar-refractivity contribution in [3.05, 3.63) is 16.9 Å². The topological polar surface area (TPSA) is 53.8 Å². The Balaban J connectivity index is 1.37. The van der Waals surface area contributed by atoms with Gasteiger partial charge in [0.25, 0.3) is 0 Å². The molecule has 2 saturated carbocycles. The summed E-state index contributed by atoms with van der Waals surface area (Å²) in [5, 5.41) is 11.1. The van der Waals surface area contributed by atoms with E-state index in [4.69, 9.17) is 4.74 Å². The Labute approximate surface area is 133 Å². The highest BCUT2D eigenvalue weighted by Gasteiger charge is 2.52. The molecule has 4 rings (SSSR count). The third kappa shape index (κ3) is 3.54. The molecule has 4 bridgehead atoms. The smallest absolute Gasteiger partial charge is 0.312 e. The van der Waals surface area contributed by atoms with Crippen molar-refractivity contribution in [2.24, 2.45) is 17.3 Å². The highest BCUT2D eigenvalue weighted by molar-refractivity contribution is 5.78. The van der Waals surface area contributed by atoms with Crippen molar-refractivity contribution in [1.82, 2.24) is 0 Å². The van der Waals surface area contributed by atoms with Gasteiger partial charge in [0.15, 0.2) is 0 Å². The first-order valence-electron chi connectivity index (χ1n) is 8.94. The molecule has 0 heterocycles. The average Bonchev–Trinajstić information content (AvgIpc) is 2.44. The maximum atomic E-state index is 12.6. The molecule has 0 radical (unpaired) electrons. The third-order valence-corrected chi connectivity index (χ3v) is 5.65. The molecule has 1 N–H and O–H groups in total. The van der Waals surface area contributed by atoms with E-state index in [0.29, 0.717) is 19.1 Å². The minimum atomic E-state index is -0.176. The number of unbranched alkanes of at least 4 members (excludes halogenated alkanes) is 3. The van der Waals surface area contributed by atoms with Gasteiger partial charge >= 0.3 is 5.97 Å². The fourth-order valence-corrected chi connectivity index (χ4v) is 4.88. The van der Waals surface area contributed by atoms with Crippen molar-refractivity contribution in [3.8, 4) is 0 Å². The number of hydrogen-bond donors (Lipinski definition) is 1. The molecule has 22 heavy (non-hydrogen) atoms. The molecule has 124 valence electrons. The van der Waals surface area contributed by atoms with E-state index in [9.17, 15) is 10.0 Å². The second-order valence-corrected chi connectivity index (χ2v) is 7.76. The number of hydroxylamine groups is 2. The third-order valence-electron chi connectivity index (χ3n) is 5.65. The number of carbonyl (C=O) groups excluding carboxylic acids is 1. The fraction of sp³-hybridized carbons (Fsp3) is 0.833. The fourth-order valence-electron chi connectivity index (χ4n) is 4.88. The monoisotopic (exact) mass is 307 g/mol. The van der Waals surface area contributed by atoms with Gasteiger partial charge in [-0.3, -0.25) is 4.79 Å². The highest BCUT2D eigenvalue weighted by atomic mass is 16.5. The molecule has 4 nitrogen and oxygen atoms in total. The van der Waals surface area contributed by atoms with Crippen LogP contribution in [0.1, 0.15) is 57.8 Å². The van der Waals surface area contributed by atoms with Crippen LogP contribution >= 0.6 is 0 Å². The molecule has 0 aromatic heterocycles. The van der Waals surface area contributed by atoms with E-state index in [1.54, 1.807) is 7.05 Å². The first-order chi connectivity index (χ1) is 10.6. The second-order valence-electron chi connectivity index (χ2n) is 7.76. The number of quaternary nitrogens is 1. The van der Waals surface area contributed by atoms with Crippen LogP contribution in [-0.4, -0.2) is 26.2 Å². The molecular weight excluding hydrogens is 278 g/mol. The van der Waals surface area contributed by atoms with Crippen molar-refractivity contribution in [3.63, 3.8) is 0 Å². The SMILES string of the molecule is C[NH+]([O-])CCCCCCOC(=O)C12CC3=CC(CC(C3)C1)C2. The van der Waals surface area contributed by atoms with Gasteiger partial charge < -0.3 is 15.0 Å². The Morgan fingerprint density at radius 1 is 1.36 bits per heavy atom. The van der Waals surface area contributed by atoms with E-state index in [1.165, 1.54) is 18.4 Å². The Kier molecular flexibility index (Phi) is 4.88. The highest BCUT2D eigenvalue weighted by Crippen LogP contribution is 2.57. The van der Waals surface area contributed by atoms with Crippen LogP contribution < -0.4 is 5.06 Å². The molecule has 0 aromatic rings. The molecule has 4 aliphatic carbocycles. The first-order valence-corrected chi connectivity index (χ1v) is 8.94. The van der Waals surface area contributed by atoms with E-state index in [2.05, 4.69) is 6.08 Å². The summed E-state index contributed by atoms with van der Waals surface area (Å²) in [6, 6.07) is 0. The van der Waals surface area contributed by atoms with Gasteiger partial charge in [-0.15, -0.1) is 0 Å². The molecule has 0 spiro atoms. The lowest BCUT2D eigenvalue weighted by Crippen LogP contribution is -3.03. The molecule has 4 unspecified atom stereocenters. The second kappa shape index (κ2) is 6.71. The number of hydrogen-bond acceptors (Lipinski definition) is 3. The summed E-state index contributed by atoms with van der Waals surface area (Å²) >= 11 is 0. The maximum Gasteiger partial charge on any atom is 0.312 e. The van der Waals surface area contributed by atoms with Gasteiger partial charge in [-0.1, -0.05) is 11.6 Å². The quantitative estimate of drug-likeness (QED) is 0.324. The van der Waals surface area contributed by atoms with E-state index in [-0.39, 0.29) is 16.4 Å². The summed E-state index contributed by atoms with van der Waals surface area (Å²) in [4.78, 5) is 12.6. The maximum absolute atomic E-state index is 12.6. The molecule has 0 aliphatic heterocycles. The number of allylic oxidation sites excluding steroid dienone is 2. The lowest BCUT2D eigenvalue weighted by Gasteiger charge is -2.50. The molecule has 0 aromatic carbocycles. The van der Waals surface area contributed by atoms with E-state index in [1.807, 2.05) is 0 Å². The molecule has 4 atom stereocenters.